The van der Waals surface area contributed by atoms with E-state index in [2.05, 4.69) is 5.32 Å². The number of rotatable bonds is 5. The van der Waals surface area contributed by atoms with Crippen molar-refractivity contribution in [1.29, 1.82) is 0 Å². The van der Waals surface area contributed by atoms with Gasteiger partial charge in [0.25, 0.3) is 0 Å². The Balaban J connectivity index is 2.51. The summed E-state index contributed by atoms with van der Waals surface area (Å²) < 4.78 is 36.9. The molecular weight excluding hydrogens is 263 g/mol. The van der Waals surface area contributed by atoms with E-state index in [-0.39, 0.29) is 13.0 Å². The summed E-state index contributed by atoms with van der Waals surface area (Å²) in [7, 11) is 0. The predicted molar refractivity (Wildman–Crippen MR) is 61.3 cm³/mol. The maximum absolute atomic E-state index is 12.3. The van der Waals surface area contributed by atoms with Crippen LogP contribution < -0.4 is 5.32 Å². The van der Waals surface area contributed by atoms with Gasteiger partial charge in [-0.1, -0.05) is 12.1 Å². The third kappa shape index (κ3) is 5.27. The zero-order valence-corrected chi connectivity index (χ0v) is 9.94. The fraction of sp³-hybridized carbons (Fsp3) is 0.417. The van der Waals surface area contributed by atoms with E-state index in [9.17, 15) is 18.0 Å². The average molecular weight is 277 g/mol. The zero-order valence-electron chi connectivity index (χ0n) is 9.94. The summed E-state index contributed by atoms with van der Waals surface area (Å²) in [5.41, 5.74) is -0.337. The van der Waals surface area contributed by atoms with E-state index in [0.29, 0.717) is 5.56 Å². The van der Waals surface area contributed by atoms with Crippen molar-refractivity contribution < 1.29 is 28.2 Å². The van der Waals surface area contributed by atoms with Crippen molar-refractivity contribution in [2.45, 2.75) is 18.7 Å². The third-order valence-corrected chi connectivity index (χ3v) is 2.39. The van der Waals surface area contributed by atoms with Crippen LogP contribution >= 0.6 is 0 Å². The van der Waals surface area contributed by atoms with E-state index >= 15 is 0 Å². The van der Waals surface area contributed by atoms with Crippen molar-refractivity contribution in [1.82, 2.24) is 5.32 Å². The van der Waals surface area contributed by atoms with Gasteiger partial charge in [-0.2, -0.15) is 13.2 Å². The molecule has 1 aromatic rings. The summed E-state index contributed by atoms with van der Waals surface area (Å²) in [4.78, 5) is 11.4. The molecule has 0 aliphatic rings. The van der Waals surface area contributed by atoms with Crippen LogP contribution in [0.25, 0.3) is 0 Å². The Morgan fingerprint density at radius 3 is 2.32 bits per heavy atom. The van der Waals surface area contributed by atoms with Crippen LogP contribution in [0.1, 0.15) is 11.1 Å². The number of nitrogens with one attached hydrogen (secondary N) is 1. The summed E-state index contributed by atoms with van der Waals surface area (Å²) in [5, 5.41) is 19.9. The number of aliphatic hydroxyl groups is 2. The van der Waals surface area contributed by atoms with Crippen LogP contribution in [-0.2, 0) is 17.4 Å². The van der Waals surface area contributed by atoms with Crippen LogP contribution in [0.3, 0.4) is 0 Å². The van der Waals surface area contributed by atoms with Crippen LogP contribution in [0, 0.1) is 0 Å². The topological polar surface area (TPSA) is 69.6 Å². The van der Waals surface area contributed by atoms with Gasteiger partial charge in [-0.05, 0) is 17.7 Å². The monoisotopic (exact) mass is 277 g/mol. The smallest absolute Gasteiger partial charge is 0.394 e. The highest BCUT2D eigenvalue weighted by atomic mass is 19.4. The molecule has 1 unspecified atom stereocenters. The minimum Gasteiger partial charge on any atom is -0.394 e. The van der Waals surface area contributed by atoms with Gasteiger partial charge in [0, 0.05) is 6.54 Å². The van der Waals surface area contributed by atoms with Gasteiger partial charge < -0.3 is 15.5 Å². The molecule has 0 radical (unpaired) electrons. The molecule has 0 bridgehead atoms. The van der Waals surface area contributed by atoms with Gasteiger partial charge in [0.05, 0.1) is 24.7 Å². The Hall–Kier alpha value is -1.60. The molecule has 7 heteroatoms. The van der Waals surface area contributed by atoms with Gasteiger partial charge in [0.15, 0.2) is 0 Å². The normalized spacial score (nSPS) is 13.1. The first-order chi connectivity index (χ1) is 8.82. The summed E-state index contributed by atoms with van der Waals surface area (Å²) in [6.07, 6.45) is -5.53. The van der Waals surface area contributed by atoms with E-state index in [1.54, 1.807) is 0 Å². The number of hydrogen-bond acceptors (Lipinski definition) is 3. The fourth-order valence-corrected chi connectivity index (χ4v) is 1.36. The zero-order chi connectivity index (χ0) is 14.5. The van der Waals surface area contributed by atoms with Gasteiger partial charge in [0.2, 0.25) is 5.91 Å². The molecular formula is C12H14F3NO3. The molecule has 1 rings (SSSR count). The largest absolute Gasteiger partial charge is 0.416 e. The number of benzene rings is 1. The van der Waals surface area contributed by atoms with E-state index in [4.69, 9.17) is 10.2 Å². The lowest BCUT2D eigenvalue weighted by molar-refractivity contribution is -0.137. The maximum Gasteiger partial charge on any atom is 0.416 e. The highest BCUT2D eigenvalue weighted by molar-refractivity contribution is 5.78. The fourth-order valence-electron chi connectivity index (χ4n) is 1.36. The Morgan fingerprint density at radius 2 is 1.84 bits per heavy atom. The van der Waals surface area contributed by atoms with Crippen molar-refractivity contribution in [3.63, 3.8) is 0 Å². The number of carbonyl (C=O) groups excluding carboxylic acids is 1. The molecule has 0 heterocycles. The van der Waals surface area contributed by atoms with E-state index in [1.165, 1.54) is 12.1 Å². The van der Waals surface area contributed by atoms with Gasteiger partial charge in [-0.15, -0.1) is 0 Å². The Labute approximate surface area is 107 Å². The third-order valence-electron chi connectivity index (χ3n) is 2.39. The van der Waals surface area contributed by atoms with Crippen molar-refractivity contribution in [3.05, 3.63) is 35.4 Å². The molecule has 1 amide bonds. The molecule has 0 saturated heterocycles. The molecule has 0 aliphatic heterocycles. The van der Waals surface area contributed by atoms with Crippen LogP contribution in [0.2, 0.25) is 0 Å². The lowest BCUT2D eigenvalue weighted by Crippen LogP contribution is -2.34. The Kier molecular flexibility index (Phi) is 5.31. The minimum atomic E-state index is -4.40. The van der Waals surface area contributed by atoms with Crippen molar-refractivity contribution in [2.24, 2.45) is 0 Å². The highest BCUT2D eigenvalue weighted by Gasteiger charge is 2.29. The first kappa shape index (κ1) is 15.5. The van der Waals surface area contributed by atoms with Crippen LogP contribution in [0.5, 0.6) is 0 Å². The molecule has 0 aromatic heterocycles. The molecule has 0 aliphatic carbocycles. The molecule has 1 atom stereocenters. The molecule has 0 spiro atoms. The second-order valence-corrected chi connectivity index (χ2v) is 4.01. The van der Waals surface area contributed by atoms with Gasteiger partial charge >= 0.3 is 6.18 Å². The molecule has 1 aromatic carbocycles. The predicted octanol–water partition coefficient (Wildman–Crippen LogP) is 0.717. The van der Waals surface area contributed by atoms with Crippen molar-refractivity contribution in [3.8, 4) is 0 Å². The standard InChI is InChI=1S/C12H14F3NO3/c13-12(14,15)9-3-1-8(2-4-9)5-11(19)16-6-10(18)7-17/h1-4,10,17-18H,5-7H2,(H,16,19). The number of hydrogen-bond donors (Lipinski definition) is 3. The van der Waals surface area contributed by atoms with Gasteiger partial charge in [-0.3, -0.25) is 4.79 Å². The highest BCUT2D eigenvalue weighted by Crippen LogP contribution is 2.29. The number of aliphatic hydroxyl groups excluding tert-OH is 2. The Bertz CT molecular complexity index is 417. The second kappa shape index (κ2) is 6.53. The van der Waals surface area contributed by atoms with Crippen LogP contribution in [0.4, 0.5) is 13.2 Å². The van der Waals surface area contributed by atoms with Gasteiger partial charge in [0.1, 0.15) is 0 Å². The summed E-state index contributed by atoms with van der Waals surface area (Å²) in [6, 6.07) is 4.27. The number of carbonyl (C=O) groups is 1. The maximum atomic E-state index is 12.3. The van der Waals surface area contributed by atoms with Crippen LogP contribution in [-0.4, -0.2) is 35.4 Å². The first-order valence-corrected chi connectivity index (χ1v) is 5.54. The van der Waals surface area contributed by atoms with Gasteiger partial charge in [-0.25, -0.2) is 0 Å². The minimum absolute atomic E-state index is 0.0870. The number of amides is 1. The molecule has 3 N–H and O–H groups in total. The second-order valence-electron chi connectivity index (χ2n) is 4.01. The van der Waals surface area contributed by atoms with E-state index < -0.39 is 30.4 Å². The first-order valence-electron chi connectivity index (χ1n) is 5.54. The molecule has 106 valence electrons. The lowest BCUT2D eigenvalue weighted by atomic mass is 10.1. The van der Waals surface area contributed by atoms with Crippen LogP contribution in [0.15, 0.2) is 24.3 Å². The summed E-state index contributed by atoms with van der Waals surface area (Å²) in [6.45, 7) is -0.573. The number of halogens is 3. The lowest BCUT2D eigenvalue weighted by Gasteiger charge is -2.10. The SMILES string of the molecule is O=C(Cc1ccc(C(F)(F)F)cc1)NCC(O)CO. The summed E-state index contributed by atoms with van der Waals surface area (Å²) in [5.74, 6) is -0.438. The van der Waals surface area contributed by atoms with E-state index in [1.807, 2.05) is 0 Å². The van der Waals surface area contributed by atoms with Crippen molar-refractivity contribution in [2.75, 3.05) is 13.2 Å². The molecule has 4 nitrogen and oxygen atoms in total. The molecule has 0 fully saturated rings. The van der Waals surface area contributed by atoms with Crippen molar-refractivity contribution >= 4 is 5.91 Å². The quantitative estimate of drug-likeness (QED) is 0.742. The molecule has 0 saturated carbocycles. The number of alkyl halides is 3. The Morgan fingerprint density at radius 1 is 1.26 bits per heavy atom. The molecule has 19 heavy (non-hydrogen) atoms. The summed E-state index contributed by atoms with van der Waals surface area (Å²) >= 11 is 0. The average Bonchev–Trinajstić information content (AvgIpc) is 2.35. The van der Waals surface area contributed by atoms with E-state index in [0.717, 1.165) is 12.1 Å².